The summed E-state index contributed by atoms with van der Waals surface area (Å²) in [5.74, 6) is -6.18. The van der Waals surface area contributed by atoms with Gasteiger partial charge in [0.15, 0.2) is 0 Å². The summed E-state index contributed by atoms with van der Waals surface area (Å²) in [6.45, 7) is 5.24. The number of nitrogens with one attached hydrogen (secondary N) is 3. The second-order valence-corrected chi connectivity index (χ2v) is 14.2. The Morgan fingerprint density at radius 3 is 2.15 bits per heavy atom. The van der Waals surface area contributed by atoms with Gasteiger partial charge >= 0.3 is 65.2 Å². The van der Waals surface area contributed by atoms with Crippen LogP contribution in [0.3, 0.4) is 0 Å². The maximum absolute atomic E-state index is 12.9. The number of carbonyl (C=O) groups excluding carboxylic acids is 5. The normalized spacial score (nSPS) is 20.7. The predicted molar refractivity (Wildman–Crippen MR) is 182 cm³/mol. The van der Waals surface area contributed by atoms with Gasteiger partial charge < -0.3 is 60.2 Å². The number of aliphatic hydroxyl groups excluding tert-OH is 2. The van der Waals surface area contributed by atoms with Gasteiger partial charge in [0.1, 0.15) is 23.8 Å². The third kappa shape index (κ3) is 15.8. The van der Waals surface area contributed by atoms with Crippen LogP contribution in [0.5, 0.6) is 0 Å². The Balaban J connectivity index is 0.00000702. The SMILES string of the molecule is CC(=O)N[C@H]1[C@H]([C@H](O)[C@H](O)CNC(=O)c2ccc(-c3ccccc3)cc2)O[C@@](OCCCSCCC(=O)[O-])(C(=O)[O-])C[C@@H]1NC(=O)OC(C)(C)C.[Na+].[Na+]. The van der Waals surface area contributed by atoms with Crippen LogP contribution in [0.25, 0.3) is 11.1 Å². The topological polar surface area (TPSA) is 236 Å². The largest absolute Gasteiger partial charge is 1.00 e. The van der Waals surface area contributed by atoms with Gasteiger partial charge in [0, 0.05) is 31.4 Å². The number of alkyl carbamates (subject to hydrolysis) is 1. The Morgan fingerprint density at radius 2 is 1.58 bits per heavy atom. The summed E-state index contributed by atoms with van der Waals surface area (Å²) in [6.07, 6.45) is -6.93. The van der Waals surface area contributed by atoms with Crippen LogP contribution in [-0.2, 0) is 28.6 Å². The number of hydrogen-bond acceptors (Lipinski definition) is 13. The molecule has 6 atom stereocenters. The van der Waals surface area contributed by atoms with E-state index >= 15 is 0 Å². The first-order valence-corrected chi connectivity index (χ1v) is 17.5. The molecule has 2 aromatic carbocycles. The van der Waals surface area contributed by atoms with Gasteiger partial charge in [-0.2, -0.15) is 11.8 Å². The average Bonchev–Trinajstić information content (AvgIpc) is 3.06. The van der Waals surface area contributed by atoms with Crippen LogP contribution in [0.1, 0.15) is 57.3 Å². The van der Waals surface area contributed by atoms with Crippen molar-refractivity contribution >= 4 is 41.6 Å². The zero-order chi connectivity index (χ0) is 37.8. The molecule has 0 aliphatic carbocycles. The van der Waals surface area contributed by atoms with E-state index < -0.39 is 84.6 Å². The Kier molecular flexibility index (Phi) is 21.2. The maximum Gasteiger partial charge on any atom is 1.00 e. The molecule has 2 aromatic rings. The molecule has 280 valence electrons. The number of amides is 3. The van der Waals surface area contributed by atoms with E-state index in [9.17, 15) is 44.4 Å². The van der Waals surface area contributed by atoms with Crippen molar-refractivity contribution in [2.24, 2.45) is 0 Å². The number of rotatable bonds is 17. The van der Waals surface area contributed by atoms with E-state index in [0.717, 1.165) is 18.1 Å². The van der Waals surface area contributed by atoms with E-state index in [1.165, 1.54) is 11.8 Å². The molecule has 1 saturated heterocycles. The molecule has 53 heavy (non-hydrogen) atoms. The summed E-state index contributed by atoms with van der Waals surface area (Å²) in [5.41, 5.74) is 1.14. The van der Waals surface area contributed by atoms with Crippen molar-refractivity contribution in [3.63, 3.8) is 0 Å². The van der Waals surface area contributed by atoms with Crippen molar-refractivity contribution < 1.29 is 118 Å². The van der Waals surface area contributed by atoms with E-state index in [1.807, 2.05) is 30.3 Å². The van der Waals surface area contributed by atoms with E-state index in [4.69, 9.17) is 14.2 Å². The van der Waals surface area contributed by atoms with Crippen molar-refractivity contribution in [2.75, 3.05) is 24.7 Å². The molecule has 0 radical (unpaired) electrons. The van der Waals surface area contributed by atoms with Crippen LogP contribution in [0.4, 0.5) is 4.79 Å². The van der Waals surface area contributed by atoms with Crippen LogP contribution >= 0.6 is 11.8 Å². The molecule has 0 spiro atoms. The molecule has 1 aliphatic rings. The number of ether oxygens (including phenoxy) is 3. The fourth-order valence-electron chi connectivity index (χ4n) is 5.31. The molecule has 15 nitrogen and oxygen atoms in total. The van der Waals surface area contributed by atoms with Crippen LogP contribution in [0, 0.1) is 0 Å². The minimum absolute atomic E-state index is 0. The quantitative estimate of drug-likeness (QED) is 0.0744. The number of carboxylic acids is 2. The van der Waals surface area contributed by atoms with Crippen molar-refractivity contribution in [2.45, 2.75) is 88.7 Å². The first-order valence-electron chi connectivity index (χ1n) is 16.4. The summed E-state index contributed by atoms with van der Waals surface area (Å²) >= 11 is 1.28. The standard InChI is InChI=1S/C35H47N3O12S.2Na/c1-21(39)37-28-25(38-33(47)50-34(2,3)4)19-35(32(45)46,48-16-8-17-51-18-15-27(41)42)49-30(28)29(43)26(40)20-36-31(44)24-13-11-23(12-14-24)22-9-6-5-7-10-22;;/h5-7,9-14,25-26,28-30,40,43H,8,15-20H2,1-4H3,(H,36,44)(H,37,39)(H,38,47)(H,41,42)(H,45,46);;/q;2*+1/p-2/t25-,26+,28+,29+,30+,35+;;/m0../s1. The van der Waals surface area contributed by atoms with Crippen LogP contribution in [0.15, 0.2) is 54.6 Å². The minimum Gasteiger partial charge on any atom is -0.550 e. The summed E-state index contributed by atoms with van der Waals surface area (Å²) in [7, 11) is 0. The molecule has 1 aliphatic heterocycles. The predicted octanol–water partition coefficient (Wildman–Crippen LogP) is -6.27. The van der Waals surface area contributed by atoms with Crippen LogP contribution in [-0.4, -0.2) is 107 Å². The first-order chi connectivity index (χ1) is 24.0. The van der Waals surface area contributed by atoms with Gasteiger partial charge in [-0.25, -0.2) is 4.79 Å². The van der Waals surface area contributed by atoms with Gasteiger partial charge in [0.2, 0.25) is 11.7 Å². The number of aliphatic carboxylic acids is 2. The molecule has 0 bridgehead atoms. The summed E-state index contributed by atoms with van der Waals surface area (Å²) in [4.78, 5) is 61.4. The summed E-state index contributed by atoms with van der Waals surface area (Å²) in [6, 6.07) is 13.6. The van der Waals surface area contributed by atoms with Gasteiger partial charge in [-0.05, 0) is 68.4 Å². The van der Waals surface area contributed by atoms with Gasteiger partial charge in [0.05, 0.1) is 24.8 Å². The van der Waals surface area contributed by atoms with Gasteiger partial charge in [0.25, 0.3) is 5.91 Å². The van der Waals surface area contributed by atoms with Gasteiger partial charge in [-0.1, -0.05) is 42.5 Å². The Labute approximate surface area is 357 Å². The fourth-order valence-corrected chi connectivity index (χ4v) is 6.15. The third-order valence-corrected chi connectivity index (χ3v) is 8.73. The molecule has 1 fully saturated rings. The molecule has 1 heterocycles. The monoisotopic (exact) mass is 777 g/mol. The van der Waals surface area contributed by atoms with Gasteiger partial charge in [-0.3, -0.25) is 9.59 Å². The van der Waals surface area contributed by atoms with Gasteiger partial charge in [-0.15, -0.1) is 0 Å². The second kappa shape index (κ2) is 23.0. The summed E-state index contributed by atoms with van der Waals surface area (Å²) < 4.78 is 16.9. The number of carbonyl (C=O) groups is 5. The number of benzene rings is 2. The van der Waals surface area contributed by atoms with Crippen LogP contribution in [0.2, 0.25) is 0 Å². The molecule has 5 N–H and O–H groups in total. The molecule has 0 saturated carbocycles. The number of hydrogen-bond donors (Lipinski definition) is 5. The molecule has 0 unspecified atom stereocenters. The Bertz CT molecular complexity index is 1500. The zero-order valence-electron chi connectivity index (χ0n) is 30.9. The average molecular weight is 778 g/mol. The van der Waals surface area contributed by atoms with E-state index in [2.05, 4.69) is 16.0 Å². The van der Waals surface area contributed by atoms with Crippen molar-refractivity contribution in [3.05, 3.63) is 60.2 Å². The molecule has 18 heteroatoms. The summed E-state index contributed by atoms with van der Waals surface area (Å²) in [5, 5.41) is 53.4. The minimum atomic E-state index is -2.58. The van der Waals surface area contributed by atoms with E-state index in [0.29, 0.717) is 5.75 Å². The molecular formula is C35H45N3Na2O12S. The second-order valence-electron chi connectivity index (χ2n) is 13.0. The van der Waals surface area contributed by atoms with E-state index in [-0.39, 0.29) is 89.9 Å². The van der Waals surface area contributed by atoms with E-state index in [1.54, 1.807) is 45.0 Å². The fraction of sp³-hybridized carbons (Fsp3) is 0.514. The molecule has 3 amide bonds. The number of aliphatic hydroxyl groups is 2. The van der Waals surface area contributed by atoms with Crippen molar-refractivity contribution in [1.29, 1.82) is 0 Å². The molecular weight excluding hydrogens is 732 g/mol. The first kappa shape index (κ1) is 48.8. The Hall–Kier alpha value is -2.22. The molecule has 3 rings (SSSR count). The smallest absolute Gasteiger partial charge is 0.550 e. The number of carboxylic acid groups (broad SMARTS) is 2. The third-order valence-electron chi connectivity index (χ3n) is 7.66. The number of thioether (sulfide) groups is 1. The maximum atomic E-state index is 12.9. The zero-order valence-corrected chi connectivity index (χ0v) is 35.7. The van der Waals surface area contributed by atoms with Crippen LogP contribution < -0.4 is 85.3 Å². The van der Waals surface area contributed by atoms with Crippen molar-refractivity contribution in [1.82, 2.24) is 16.0 Å². The molecule has 0 aromatic heterocycles. The Morgan fingerprint density at radius 1 is 0.962 bits per heavy atom. The van der Waals surface area contributed by atoms with Crippen molar-refractivity contribution in [3.8, 4) is 11.1 Å².